The summed E-state index contributed by atoms with van der Waals surface area (Å²) in [6, 6.07) is 8.72. The molecule has 0 spiro atoms. The van der Waals surface area contributed by atoms with Crippen molar-refractivity contribution in [3.63, 3.8) is 0 Å². The molecule has 0 unspecified atom stereocenters. The molecule has 1 aliphatic rings. The van der Waals surface area contributed by atoms with Crippen LogP contribution in [0.15, 0.2) is 29.1 Å². The summed E-state index contributed by atoms with van der Waals surface area (Å²) in [5, 5.41) is 25.5. The molecule has 0 saturated carbocycles. The van der Waals surface area contributed by atoms with Crippen molar-refractivity contribution >= 4 is 5.97 Å². The Kier molecular flexibility index (Phi) is 4.48. The van der Waals surface area contributed by atoms with E-state index in [0.29, 0.717) is 22.4 Å². The molecule has 1 aliphatic carbocycles. The van der Waals surface area contributed by atoms with Crippen LogP contribution < -0.4 is 5.56 Å². The van der Waals surface area contributed by atoms with Gasteiger partial charge in [-0.3, -0.25) is 14.7 Å². The van der Waals surface area contributed by atoms with Crippen molar-refractivity contribution in [2.75, 3.05) is 0 Å². The molecule has 1 heterocycles. The number of aliphatic hydroxyl groups is 1. The summed E-state index contributed by atoms with van der Waals surface area (Å²) in [5.41, 5.74) is -0.356. The van der Waals surface area contributed by atoms with Crippen LogP contribution in [-0.2, 0) is 16.0 Å². The van der Waals surface area contributed by atoms with Gasteiger partial charge in [0.2, 0.25) is 0 Å². The fourth-order valence-corrected chi connectivity index (χ4v) is 3.75. The van der Waals surface area contributed by atoms with E-state index in [2.05, 4.69) is 10.2 Å². The molecule has 142 valence electrons. The van der Waals surface area contributed by atoms with Crippen molar-refractivity contribution in [3.05, 3.63) is 57.0 Å². The minimum Gasteiger partial charge on any atom is -0.460 e. The maximum atomic E-state index is 13.0. The van der Waals surface area contributed by atoms with E-state index in [1.54, 1.807) is 52.0 Å². The second-order valence-electron chi connectivity index (χ2n) is 8.23. The minimum atomic E-state index is -1.42. The number of hydrogen-bond donors (Lipinski definition) is 3. The molecule has 1 aromatic carbocycles. The Balaban J connectivity index is 2.18. The number of nitriles is 1. The third-order valence-corrected chi connectivity index (χ3v) is 4.81. The van der Waals surface area contributed by atoms with Gasteiger partial charge in [-0.25, -0.2) is 0 Å². The van der Waals surface area contributed by atoms with Crippen molar-refractivity contribution in [3.8, 4) is 6.07 Å². The van der Waals surface area contributed by atoms with Crippen LogP contribution >= 0.6 is 0 Å². The number of rotatable bonds is 2. The largest absolute Gasteiger partial charge is 0.460 e. The lowest BCUT2D eigenvalue weighted by molar-refractivity contribution is -0.171. The first-order valence-electron chi connectivity index (χ1n) is 8.78. The Bertz CT molecular complexity index is 955. The van der Waals surface area contributed by atoms with Gasteiger partial charge in [-0.2, -0.15) is 5.26 Å². The lowest BCUT2D eigenvalue weighted by Gasteiger charge is -2.41. The van der Waals surface area contributed by atoms with Gasteiger partial charge in [-0.1, -0.05) is 12.1 Å². The van der Waals surface area contributed by atoms with Gasteiger partial charge in [-0.05, 0) is 45.4 Å². The Morgan fingerprint density at radius 2 is 1.93 bits per heavy atom. The van der Waals surface area contributed by atoms with Gasteiger partial charge in [0.1, 0.15) is 5.60 Å². The van der Waals surface area contributed by atoms with Crippen molar-refractivity contribution in [1.82, 2.24) is 10.2 Å². The highest BCUT2D eigenvalue weighted by Gasteiger charge is 2.51. The van der Waals surface area contributed by atoms with Crippen LogP contribution in [0.1, 0.15) is 56.0 Å². The highest BCUT2D eigenvalue weighted by atomic mass is 16.6. The van der Waals surface area contributed by atoms with Crippen molar-refractivity contribution < 1.29 is 14.6 Å². The number of nitrogens with one attached hydrogen (secondary N) is 2. The van der Waals surface area contributed by atoms with Gasteiger partial charge in [-0.15, -0.1) is 0 Å². The van der Waals surface area contributed by atoms with Gasteiger partial charge in [0.25, 0.3) is 5.56 Å². The molecular weight excluding hydrogens is 346 g/mol. The van der Waals surface area contributed by atoms with Crippen LogP contribution in [0, 0.1) is 17.2 Å². The highest BCUT2D eigenvalue weighted by molar-refractivity contribution is 5.77. The number of esters is 1. The quantitative estimate of drug-likeness (QED) is 0.699. The van der Waals surface area contributed by atoms with E-state index in [9.17, 15) is 14.7 Å². The SMILES string of the molecule is CC(C)(C)OC(=O)[C@@H]1[C@@H](c2ccc(C#N)cc2)c2c([nH][nH]c2=O)C[C@@]1(C)O. The van der Waals surface area contributed by atoms with Crippen LogP contribution in [0.25, 0.3) is 0 Å². The molecular formula is C20H23N3O4. The van der Waals surface area contributed by atoms with Crippen LogP contribution in [-0.4, -0.2) is 32.5 Å². The zero-order valence-corrected chi connectivity index (χ0v) is 15.8. The molecule has 0 amide bonds. The third kappa shape index (κ3) is 3.53. The van der Waals surface area contributed by atoms with Crippen LogP contribution in [0.5, 0.6) is 0 Å². The number of aromatic amines is 2. The summed E-state index contributed by atoms with van der Waals surface area (Å²) in [4.78, 5) is 25.5. The smallest absolute Gasteiger partial charge is 0.313 e. The molecule has 0 aliphatic heterocycles. The zero-order chi connectivity index (χ0) is 20.0. The topological polar surface area (TPSA) is 119 Å². The molecule has 0 saturated heterocycles. The second-order valence-corrected chi connectivity index (χ2v) is 8.23. The van der Waals surface area contributed by atoms with E-state index in [1.165, 1.54) is 0 Å². The number of H-pyrrole nitrogens is 2. The number of carbonyl (C=O) groups excluding carboxylic acids is 1. The number of benzene rings is 1. The summed E-state index contributed by atoms with van der Waals surface area (Å²) in [5.74, 6) is -2.22. The lowest BCUT2D eigenvalue weighted by Crippen LogP contribution is -2.51. The standard InChI is InChI=1S/C20H23N3O4/c1-19(2,3)27-18(25)16-14(12-7-5-11(10-21)6-8-12)15-13(9-20(16,4)26)22-23-17(15)24/h5-8,14,16,26H,9H2,1-4H3,(H2,22,23,24)/t14-,16-,20+/m0/s1. The summed E-state index contributed by atoms with van der Waals surface area (Å²) >= 11 is 0. The normalized spacial score (nSPS) is 24.7. The second kappa shape index (κ2) is 6.39. The average Bonchev–Trinajstić information content (AvgIpc) is 2.91. The number of ether oxygens (including phenoxy) is 1. The molecule has 1 aromatic heterocycles. The summed E-state index contributed by atoms with van der Waals surface area (Å²) in [6.45, 7) is 6.85. The number of aromatic nitrogens is 2. The Morgan fingerprint density at radius 1 is 1.30 bits per heavy atom. The first-order valence-corrected chi connectivity index (χ1v) is 8.78. The van der Waals surface area contributed by atoms with Crippen LogP contribution in [0.4, 0.5) is 0 Å². The number of fused-ring (bicyclic) bond motifs is 1. The summed E-state index contributed by atoms with van der Waals surface area (Å²) in [7, 11) is 0. The predicted molar refractivity (Wildman–Crippen MR) is 98.1 cm³/mol. The predicted octanol–water partition coefficient (Wildman–Crippen LogP) is 1.97. The number of hydrogen-bond acceptors (Lipinski definition) is 5. The molecule has 3 rings (SSSR count). The third-order valence-electron chi connectivity index (χ3n) is 4.81. The minimum absolute atomic E-state index is 0.123. The van der Waals surface area contributed by atoms with Crippen LogP contribution in [0.2, 0.25) is 0 Å². The molecule has 3 N–H and O–H groups in total. The zero-order valence-electron chi connectivity index (χ0n) is 15.8. The highest BCUT2D eigenvalue weighted by Crippen LogP contribution is 2.44. The van der Waals surface area contributed by atoms with E-state index >= 15 is 0 Å². The Morgan fingerprint density at radius 3 is 2.48 bits per heavy atom. The fraction of sp³-hybridized carbons (Fsp3) is 0.450. The molecule has 0 fully saturated rings. The number of nitrogens with zero attached hydrogens (tertiary/aromatic N) is 1. The van der Waals surface area contributed by atoms with Gasteiger partial charge < -0.3 is 14.9 Å². The Hall–Kier alpha value is -2.85. The number of carbonyl (C=O) groups is 1. The first-order chi connectivity index (χ1) is 12.5. The molecule has 27 heavy (non-hydrogen) atoms. The molecule has 0 radical (unpaired) electrons. The molecule has 3 atom stereocenters. The van der Waals surface area contributed by atoms with Gasteiger partial charge in [0.15, 0.2) is 0 Å². The summed E-state index contributed by atoms with van der Waals surface area (Å²) in [6.07, 6.45) is 0.123. The van der Waals surface area contributed by atoms with Crippen molar-refractivity contribution in [1.29, 1.82) is 5.26 Å². The van der Waals surface area contributed by atoms with Crippen LogP contribution in [0.3, 0.4) is 0 Å². The average molecular weight is 369 g/mol. The monoisotopic (exact) mass is 369 g/mol. The maximum absolute atomic E-state index is 13.0. The van der Waals surface area contributed by atoms with Gasteiger partial charge in [0, 0.05) is 23.6 Å². The molecule has 7 heteroatoms. The first kappa shape index (κ1) is 18.9. The molecule has 2 aromatic rings. The van der Waals surface area contributed by atoms with Crippen molar-refractivity contribution in [2.45, 2.75) is 51.2 Å². The van der Waals surface area contributed by atoms with E-state index in [4.69, 9.17) is 10.00 Å². The van der Waals surface area contributed by atoms with Gasteiger partial charge in [0.05, 0.1) is 23.2 Å². The van der Waals surface area contributed by atoms with E-state index in [1.807, 2.05) is 6.07 Å². The fourth-order valence-electron chi connectivity index (χ4n) is 3.75. The summed E-state index contributed by atoms with van der Waals surface area (Å²) < 4.78 is 5.57. The van der Waals surface area contributed by atoms with E-state index in [0.717, 1.165) is 0 Å². The molecule has 7 nitrogen and oxygen atoms in total. The lowest BCUT2D eigenvalue weighted by atomic mass is 9.66. The van der Waals surface area contributed by atoms with E-state index in [-0.39, 0.29) is 12.0 Å². The maximum Gasteiger partial charge on any atom is 0.313 e. The van der Waals surface area contributed by atoms with Gasteiger partial charge >= 0.3 is 5.97 Å². The molecule has 0 bridgehead atoms. The van der Waals surface area contributed by atoms with E-state index < -0.39 is 29.0 Å². The Labute approximate surface area is 157 Å². The van der Waals surface area contributed by atoms with Crippen molar-refractivity contribution in [2.24, 2.45) is 5.92 Å².